The summed E-state index contributed by atoms with van der Waals surface area (Å²) < 4.78 is 0. The molecule has 3 N–H and O–H groups in total. The maximum atomic E-state index is 10.9. The predicted octanol–water partition coefficient (Wildman–Crippen LogP) is 0.0575. The Hall–Kier alpha value is -0.770. The van der Waals surface area contributed by atoms with Gasteiger partial charge in [0.25, 0.3) is 0 Å². The van der Waals surface area contributed by atoms with Gasteiger partial charge in [0.15, 0.2) is 0 Å². The molecule has 12 heavy (non-hydrogen) atoms. The van der Waals surface area contributed by atoms with Crippen LogP contribution in [0.2, 0.25) is 0 Å². The highest BCUT2D eigenvalue weighted by Gasteiger charge is 2.19. The van der Waals surface area contributed by atoms with Gasteiger partial charge in [-0.3, -0.25) is 0 Å². The lowest BCUT2D eigenvalue weighted by atomic mass is 10.5. The first-order valence-corrected chi connectivity index (χ1v) is 4.58. The van der Waals surface area contributed by atoms with E-state index in [9.17, 15) is 4.79 Å². The van der Waals surface area contributed by atoms with Crippen LogP contribution in [0.1, 0.15) is 19.8 Å². The molecule has 0 aliphatic heterocycles. The number of hydrogen-bond donors (Lipinski definition) is 3. The number of hydrogen-bond acceptors (Lipinski definition) is 2. The van der Waals surface area contributed by atoms with Crippen LogP contribution in [-0.2, 0) is 0 Å². The summed E-state index contributed by atoms with van der Waals surface area (Å²) in [5.74, 6) is 0. The van der Waals surface area contributed by atoms with Gasteiger partial charge in [-0.15, -0.1) is 0 Å². The summed E-state index contributed by atoms with van der Waals surface area (Å²) >= 11 is 0. The summed E-state index contributed by atoms with van der Waals surface area (Å²) in [6.07, 6.45) is 2.59. The molecule has 0 bridgehead atoms. The van der Waals surface area contributed by atoms with Crippen LogP contribution in [0, 0.1) is 0 Å². The van der Waals surface area contributed by atoms with Crippen molar-refractivity contribution >= 4 is 6.03 Å². The molecular formula is C8H17N3O. The van der Waals surface area contributed by atoms with Gasteiger partial charge < -0.3 is 16.0 Å². The quantitative estimate of drug-likeness (QED) is 0.512. The molecule has 0 atom stereocenters. The highest BCUT2D eigenvalue weighted by Crippen LogP contribution is 2.17. The first kappa shape index (κ1) is 9.32. The van der Waals surface area contributed by atoms with Crippen LogP contribution in [0.3, 0.4) is 0 Å². The smallest absolute Gasteiger partial charge is 0.314 e. The molecule has 0 heterocycles. The summed E-state index contributed by atoms with van der Waals surface area (Å²) in [5.41, 5.74) is 0. The molecular weight excluding hydrogens is 154 g/mol. The Morgan fingerprint density at radius 3 is 2.67 bits per heavy atom. The summed E-state index contributed by atoms with van der Waals surface area (Å²) in [6, 6.07) is 0.649. The molecule has 4 heteroatoms. The average molecular weight is 171 g/mol. The van der Waals surface area contributed by atoms with Gasteiger partial charge in [0.05, 0.1) is 0 Å². The SMILES string of the molecule is CCNC(=O)NCCNC1CC1. The summed E-state index contributed by atoms with van der Waals surface area (Å²) in [7, 11) is 0. The Kier molecular flexibility index (Phi) is 3.87. The van der Waals surface area contributed by atoms with Crippen LogP contribution in [0.4, 0.5) is 4.79 Å². The number of rotatable bonds is 5. The Morgan fingerprint density at radius 2 is 2.08 bits per heavy atom. The van der Waals surface area contributed by atoms with E-state index in [0.717, 1.165) is 12.6 Å². The number of nitrogens with one attached hydrogen (secondary N) is 3. The molecule has 1 aliphatic rings. The summed E-state index contributed by atoms with van der Waals surface area (Å²) in [5, 5.41) is 8.74. The molecule has 70 valence electrons. The van der Waals surface area contributed by atoms with Crippen molar-refractivity contribution < 1.29 is 4.79 Å². The maximum Gasteiger partial charge on any atom is 0.314 e. The van der Waals surface area contributed by atoms with Crippen molar-refractivity contribution in [3.8, 4) is 0 Å². The van der Waals surface area contributed by atoms with Gasteiger partial charge in [0.1, 0.15) is 0 Å². The maximum absolute atomic E-state index is 10.9. The molecule has 0 aromatic rings. The van der Waals surface area contributed by atoms with E-state index in [1.807, 2.05) is 6.92 Å². The topological polar surface area (TPSA) is 53.2 Å². The molecule has 1 fully saturated rings. The largest absolute Gasteiger partial charge is 0.338 e. The lowest BCUT2D eigenvalue weighted by molar-refractivity contribution is 0.241. The van der Waals surface area contributed by atoms with Crippen molar-refractivity contribution in [3.05, 3.63) is 0 Å². The van der Waals surface area contributed by atoms with Crippen molar-refractivity contribution in [3.63, 3.8) is 0 Å². The predicted molar refractivity (Wildman–Crippen MR) is 48.1 cm³/mol. The highest BCUT2D eigenvalue weighted by molar-refractivity contribution is 5.73. The third kappa shape index (κ3) is 4.18. The standard InChI is InChI=1S/C8H17N3O/c1-2-9-8(12)11-6-5-10-7-3-4-7/h7,10H,2-6H2,1H3,(H2,9,11,12). The van der Waals surface area contributed by atoms with Gasteiger partial charge in [0.2, 0.25) is 0 Å². The van der Waals surface area contributed by atoms with Crippen molar-refractivity contribution in [2.24, 2.45) is 0 Å². The Labute approximate surface area is 73.1 Å². The molecule has 1 rings (SSSR count). The second-order valence-corrected chi connectivity index (χ2v) is 3.01. The molecule has 4 nitrogen and oxygen atoms in total. The summed E-state index contributed by atoms with van der Waals surface area (Å²) in [6.45, 7) is 4.17. The van der Waals surface area contributed by atoms with E-state index >= 15 is 0 Å². The molecule has 1 saturated carbocycles. The molecule has 2 amide bonds. The minimum Gasteiger partial charge on any atom is -0.338 e. The second-order valence-electron chi connectivity index (χ2n) is 3.01. The Bertz CT molecular complexity index is 145. The zero-order chi connectivity index (χ0) is 8.81. The Morgan fingerprint density at radius 1 is 1.33 bits per heavy atom. The summed E-state index contributed by atoms with van der Waals surface area (Å²) in [4.78, 5) is 10.9. The van der Waals surface area contributed by atoms with E-state index in [-0.39, 0.29) is 6.03 Å². The van der Waals surface area contributed by atoms with E-state index in [1.165, 1.54) is 12.8 Å². The minimum atomic E-state index is -0.0740. The van der Waals surface area contributed by atoms with Crippen LogP contribution in [-0.4, -0.2) is 31.7 Å². The monoisotopic (exact) mass is 171 g/mol. The highest BCUT2D eigenvalue weighted by atomic mass is 16.2. The van der Waals surface area contributed by atoms with Gasteiger partial charge in [-0.2, -0.15) is 0 Å². The lowest BCUT2D eigenvalue weighted by Crippen LogP contribution is -2.39. The normalized spacial score (nSPS) is 15.8. The molecule has 0 spiro atoms. The van der Waals surface area contributed by atoms with Crippen LogP contribution in [0.25, 0.3) is 0 Å². The van der Waals surface area contributed by atoms with Crippen molar-refractivity contribution in [2.75, 3.05) is 19.6 Å². The average Bonchev–Trinajstić information content (AvgIpc) is 2.82. The van der Waals surface area contributed by atoms with E-state index < -0.39 is 0 Å². The zero-order valence-electron chi connectivity index (χ0n) is 7.52. The van der Waals surface area contributed by atoms with Crippen LogP contribution < -0.4 is 16.0 Å². The number of carbonyl (C=O) groups excluding carboxylic acids is 1. The molecule has 0 saturated heterocycles. The lowest BCUT2D eigenvalue weighted by Gasteiger charge is -2.05. The van der Waals surface area contributed by atoms with E-state index in [4.69, 9.17) is 0 Å². The van der Waals surface area contributed by atoms with Crippen molar-refractivity contribution in [1.29, 1.82) is 0 Å². The van der Waals surface area contributed by atoms with Crippen LogP contribution in [0.5, 0.6) is 0 Å². The van der Waals surface area contributed by atoms with Gasteiger partial charge in [-0.25, -0.2) is 4.79 Å². The van der Waals surface area contributed by atoms with Crippen molar-refractivity contribution in [2.45, 2.75) is 25.8 Å². The third-order valence-electron chi connectivity index (χ3n) is 1.76. The first-order chi connectivity index (χ1) is 5.83. The number of amides is 2. The number of urea groups is 1. The fourth-order valence-electron chi connectivity index (χ4n) is 0.963. The van der Waals surface area contributed by atoms with Gasteiger partial charge >= 0.3 is 6.03 Å². The Balaban J connectivity index is 1.83. The molecule has 0 radical (unpaired) electrons. The molecule has 0 unspecified atom stereocenters. The van der Waals surface area contributed by atoms with Gasteiger partial charge in [-0.05, 0) is 19.8 Å². The number of carbonyl (C=O) groups is 1. The van der Waals surface area contributed by atoms with Gasteiger partial charge in [-0.1, -0.05) is 0 Å². The fraction of sp³-hybridized carbons (Fsp3) is 0.875. The first-order valence-electron chi connectivity index (χ1n) is 4.58. The molecule has 0 aromatic carbocycles. The van der Waals surface area contributed by atoms with E-state index in [2.05, 4.69) is 16.0 Å². The van der Waals surface area contributed by atoms with Crippen LogP contribution >= 0.6 is 0 Å². The van der Waals surface area contributed by atoms with E-state index in [1.54, 1.807) is 0 Å². The van der Waals surface area contributed by atoms with Gasteiger partial charge in [0, 0.05) is 25.7 Å². The zero-order valence-corrected chi connectivity index (χ0v) is 7.52. The molecule has 0 aromatic heterocycles. The van der Waals surface area contributed by atoms with Crippen molar-refractivity contribution in [1.82, 2.24) is 16.0 Å². The molecule has 1 aliphatic carbocycles. The third-order valence-corrected chi connectivity index (χ3v) is 1.76. The fourth-order valence-corrected chi connectivity index (χ4v) is 0.963. The van der Waals surface area contributed by atoms with Crippen LogP contribution in [0.15, 0.2) is 0 Å². The second kappa shape index (κ2) is 4.98. The minimum absolute atomic E-state index is 0.0740. The van der Waals surface area contributed by atoms with E-state index in [0.29, 0.717) is 13.1 Å².